The zero-order valence-electron chi connectivity index (χ0n) is 12.5. The molecule has 18 heavy (non-hydrogen) atoms. The minimum atomic E-state index is 0.643. The van der Waals surface area contributed by atoms with Gasteiger partial charge in [0.15, 0.2) is 0 Å². The molecule has 0 aromatic heterocycles. The highest BCUT2D eigenvalue weighted by Crippen LogP contribution is 2.67. The van der Waals surface area contributed by atoms with Gasteiger partial charge < -0.3 is 0 Å². The molecule has 0 heterocycles. The van der Waals surface area contributed by atoms with Crippen molar-refractivity contribution >= 4 is 0 Å². The molecule has 0 bridgehead atoms. The van der Waals surface area contributed by atoms with Gasteiger partial charge in [-0.15, -0.1) is 0 Å². The van der Waals surface area contributed by atoms with Crippen LogP contribution in [-0.2, 0) is 0 Å². The molecule has 0 radical (unpaired) electrons. The quantitative estimate of drug-likeness (QED) is 0.296. The van der Waals surface area contributed by atoms with Gasteiger partial charge in [-0.05, 0) is 55.8 Å². The van der Waals surface area contributed by atoms with Crippen molar-refractivity contribution in [3.05, 3.63) is 11.1 Å². The summed E-state index contributed by atoms with van der Waals surface area (Å²) in [5.41, 5.74) is 6.13. The van der Waals surface area contributed by atoms with Gasteiger partial charge in [-0.3, -0.25) is 5.43 Å². The first-order valence-electron chi connectivity index (χ1n) is 7.93. The number of nitrogens with two attached hydrogens (primary N) is 2. The van der Waals surface area contributed by atoms with Gasteiger partial charge in [-0.2, -0.15) is 5.84 Å². The van der Waals surface area contributed by atoms with E-state index in [1.807, 2.05) is 11.1 Å². The van der Waals surface area contributed by atoms with Crippen molar-refractivity contribution in [3.8, 4) is 0 Å². The third-order valence-electron chi connectivity index (χ3n) is 5.58. The zero-order chi connectivity index (χ0) is 13.2. The highest BCUT2D eigenvalue weighted by Gasteiger charge is 2.57. The second-order valence-electron chi connectivity index (χ2n) is 6.53. The molecule has 2 aliphatic rings. The molecule has 2 heteroatoms. The van der Waals surface area contributed by atoms with Crippen LogP contribution in [0.1, 0.15) is 65.7 Å². The van der Waals surface area contributed by atoms with Crippen LogP contribution in [0.3, 0.4) is 0 Å². The summed E-state index contributed by atoms with van der Waals surface area (Å²) in [6.07, 6.45) is 9.46. The third kappa shape index (κ3) is 2.25. The van der Waals surface area contributed by atoms with Crippen LogP contribution < -0.4 is 11.3 Å². The van der Waals surface area contributed by atoms with Crippen LogP contribution in [0.25, 0.3) is 0 Å². The third-order valence-corrected chi connectivity index (χ3v) is 5.58. The standard InChI is InChI=1S/C16H30N2/c1-4-12-13(9-7-6-8-10-18-17)15-14(12)11-16(15,3)5-2/h14-15,18H,4-11,17H2,1-3H3/p+1. The van der Waals surface area contributed by atoms with Gasteiger partial charge in [0, 0.05) is 0 Å². The molecule has 4 N–H and O–H groups in total. The van der Waals surface area contributed by atoms with Gasteiger partial charge in [0.1, 0.15) is 0 Å². The Morgan fingerprint density at radius 3 is 2.61 bits per heavy atom. The molecule has 3 atom stereocenters. The molecule has 0 aromatic carbocycles. The first-order chi connectivity index (χ1) is 8.68. The zero-order valence-corrected chi connectivity index (χ0v) is 12.5. The smallest absolute Gasteiger partial charge is 0.0927 e. The number of allylic oxidation sites excluding steroid dienone is 2. The van der Waals surface area contributed by atoms with Crippen molar-refractivity contribution < 1.29 is 5.43 Å². The van der Waals surface area contributed by atoms with Crippen LogP contribution >= 0.6 is 0 Å². The lowest BCUT2D eigenvalue weighted by Crippen LogP contribution is -2.91. The molecule has 1 saturated carbocycles. The van der Waals surface area contributed by atoms with Crippen molar-refractivity contribution in [1.82, 2.24) is 0 Å². The van der Waals surface area contributed by atoms with E-state index in [1.165, 1.54) is 44.9 Å². The normalized spacial score (nSPS) is 34.0. The molecule has 104 valence electrons. The van der Waals surface area contributed by atoms with E-state index in [9.17, 15) is 0 Å². The predicted octanol–water partition coefficient (Wildman–Crippen LogP) is 2.76. The fraction of sp³-hybridized carbons (Fsp3) is 0.875. The molecule has 0 spiro atoms. The van der Waals surface area contributed by atoms with Gasteiger partial charge in [-0.25, -0.2) is 0 Å². The Morgan fingerprint density at radius 1 is 1.22 bits per heavy atom. The van der Waals surface area contributed by atoms with E-state index in [0.717, 1.165) is 18.4 Å². The fourth-order valence-corrected chi connectivity index (χ4v) is 4.33. The van der Waals surface area contributed by atoms with Crippen molar-refractivity contribution in [2.75, 3.05) is 6.54 Å². The van der Waals surface area contributed by atoms with Crippen molar-refractivity contribution in [3.63, 3.8) is 0 Å². The SMILES string of the molecule is CCC1=C(CCCCC[NH2+]N)C2C1CC2(C)CC. The van der Waals surface area contributed by atoms with Crippen LogP contribution in [0.15, 0.2) is 11.1 Å². The minimum absolute atomic E-state index is 0.643. The van der Waals surface area contributed by atoms with Gasteiger partial charge in [0.2, 0.25) is 0 Å². The van der Waals surface area contributed by atoms with Crippen molar-refractivity contribution in [1.29, 1.82) is 0 Å². The first kappa shape index (κ1) is 14.1. The summed E-state index contributed by atoms with van der Waals surface area (Å²) in [7, 11) is 0. The van der Waals surface area contributed by atoms with Crippen molar-refractivity contribution in [2.45, 2.75) is 65.7 Å². The summed E-state index contributed by atoms with van der Waals surface area (Å²) in [5, 5.41) is 0. The fourth-order valence-electron chi connectivity index (χ4n) is 4.33. The Hall–Kier alpha value is -0.340. The van der Waals surface area contributed by atoms with Crippen LogP contribution in [0, 0.1) is 17.3 Å². The van der Waals surface area contributed by atoms with Crippen LogP contribution in [0.2, 0.25) is 0 Å². The molecule has 3 unspecified atom stereocenters. The molecule has 0 aromatic rings. The van der Waals surface area contributed by atoms with Gasteiger partial charge in [0.25, 0.3) is 0 Å². The van der Waals surface area contributed by atoms with Crippen LogP contribution in [0.4, 0.5) is 0 Å². The number of rotatable bonds is 8. The Kier molecular flexibility index (Phi) is 4.50. The molecule has 0 amide bonds. The monoisotopic (exact) mass is 251 g/mol. The van der Waals surface area contributed by atoms with Crippen molar-refractivity contribution in [2.24, 2.45) is 23.1 Å². The lowest BCUT2D eigenvalue weighted by molar-refractivity contribution is -0.667. The molecule has 0 saturated heterocycles. The maximum Gasteiger partial charge on any atom is 0.0927 e. The summed E-state index contributed by atoms with van der Waals surface area (Å²) >= 11 is 0. The van der Waals surface area contributed by atoms with E-state index in [0.29, 0.717) is 5.41 Å². The summed E-state index contributed by atoms with van der Waals surface area (Å²) in [6.45, 7) is 8.30. The number of hydrogen-bond donors (Lipinski definition) is 2. The molecule has 1 fully saturated rings. The summed E-state index contributed by atoms with van der Waals surface area (Å²) in [6, 6.07) is 0. The van der Waals surface area contributed by atoms with Crippen LogP contribution in [-0.4, -0.2) is 6.54 Å². The highest BCUT2D eigenvalue weighted by atomic mass is 15.2. The average Bonchev–Trinajstić information content (AvgIpc) is 2.35. The van der Waals surface area contributed by atoms with E-state index >= 15 is 0 Å². The first-order valence-corrected chi connectivity index (χ1v) is 7.93. The lowest BCUT2D eigenvalue weighted by Gasteiger charge is -2.63. The maximum atomic E-state index is 5.42. The van der Waals surface area contributed by atoms with Crippen LogP contribution in [0.5, 0.6) is 0 Å². The molecule has 2 nitrogen and oxygen atoms in total. The van der Waals surface area contributed by atoms with E-state index in [4.69, 9.17) is 5.84 Å². The van der Waals surface area contributed by atoms with Gasteiger partial charge in [0.05, 0.1) is 6.54 Å². The summed E-state index contributed by atoms with van der Waals surface area (Å²) < 4.78 is 0. The van der Waals surface area contributed by atoms with Gasteiger partial charge in [-0.1, -0.05) is 38.3 Å². The van der Waals surface area contributed by atoms with E-state index in [1.54, 1.807) is 5.43 Å². The molecular weight excluding hydrogens is 220 g/mol. The predicted molar refractivity (Wildman–Crippen MR) is 76.8 cm³/mol. The summed E-state index contributed by atoms with van der Waals surface area (Å²) in [4.78, 5) is 0. The largest absolute Gasteiger partial charge is 0.271 e. The topological polar surface area (TPSA) is 42.6 Å². The summed E-state index contributed by atoms with van der Waals surface area (Å²) in [5.74, 6) is 7.36. The highest BCUT2D eigenvalue weighted by molar-refractivity contribution is 5.40. The molecular formula is C16H31N2+. The number of fused-ring (bicyclic) bond motifs is 1. The molecule has 0 aliphatic heterocycles. The van der Waals surface area contributed by atoms with Gasteiger partial charge >= 0.3 is 0 Å². The second kappa shape index (κ2) is 5.75. The molecule has 2 aliphatic carbocycles. The molecule has 2 rings (SSSR count). The van der Waals surface area contributed by atoms with E-state index in [-0.39, 0.29) is 0 Å². The lowest BCUT2D eigenvalue weighted by atomic mass is 9.42. The Morgan fingerprint density at radius 2 is 2.00 bits per heavy atom. The van der Waals surface area contributed by atoms with E-state index < -0.39 is 0 Å². The second-order valence-corrected chi connectivity index (χ2v) is 6.53. The Bertz CT molecular complexity index is 321. The Labute approximate surface area is 112 Å². The number of quaternary nitrogens is 1. The Balaban J connectivity index is 1.84. The average molecular weight is 251 g/mol. The minimum Gasteiger partial charge on any atom is -0.271 e. The number of unbranched alkanes of at least 4 members (excludes halogenated alkanes) is 2. The maximum absolute atomic E-state index is 5.42. The van der Waals surface area contributed by atoms with E-state index in [2.05, 4.69) is 20.8 Å². The number of hydrogen-bond acceptors (Lipinski definition) is 1.